The van der Waals surface area contributed by atoms with Gasteiger partial charge < -0.3 is 9.30 Å². The molecule has 0 atom stereocenters. The molecule has 0 aliphatic carbocycles. The number of hydrogen-bond donors (Lipinski definition) is 0. The lowest BCUT2D eigenvalue weighted by Crippen LogP contribution is -2.23. The quantitative estimate of drug-likeness (QED) is 0.506. The lowest BCUT2D eigenvalue weighted by atomic mass is 10.1. The van der Waals surface area contributed by atoms with Crippen LogP contribution in [0.1, 0.15) is 62.6 Å². The first-order valence-corrected chi connectivity index (χ1v) is 11.2. The van der Waals surface area contributed by atoms with E-state index in [2.05, 4.69) is 29.1 Å². The largest absolute Gasteiger partial charge is 0.465 e. The number of benzene rings is 1. The van der Waals surface area contributed by atoms with Gasteiger partial charge in [0.1, 0.15) is 12.2 Å². The molecule has 1 aromatic carbocycles. The monoisotopic (exact) mass is 428 g/mol. The molecule has 0 spiro atoms. The van der Waals surface area contributed by atoms with E-state index in [1.807, 2.05) is 19.9 Å². The number of amides is 1. The summed E-state index contributed by atoms with van der Waals surface area (Å²) in [5.74, 6) is -0.732. The summed E-state index contributed by atoms with van der Waals surface area (Å²) >= 11 is 1.41. The third-order valence-electron chi connectivity index (χ3n) is 4.73. The third-order valence-corrected chi connectivity index (χ3v) is 5.78. The first kappa shape index (κ1) is 22.0. The molecule has 0 fully saturated rings. The molecule has 2 heterocycles. The van der Waals surface area contributed by atoms with Gasteiger partial charge in [0.15, 0.2) is 4.80 Å². The van der Waals surface area contributed by atoms with Crippen molar-refractivity contribution in [2.24, 2.45) is 4.99 Å². The number of ether oxygens (including phenoxy) is 1. The molecule has 0 bridgehead atoms. The highest BCUT2D eigenvalue weighted by Crippen LogP contribution is 2.21. The highest BCUT2D eigenvalue weighted by atomic mass is 32.1. The zero-order chi connectivity index (χ0) is 21.7. The lowest BCUT2D eigenvalue weighted by molar-refractivity contribution is -0.143. The number of rotatable bonds is 8. The molecule has 0 saturated heterocycles. The van der Waals surface area contributed by atoms with Gasteiger partial charge in [0, 0.05) is 12.2 Å². The molecule has 3 rings (SSSR count). The van der Waals surface area contributed by atoms with E-state index in [0.29, 0.717) is 17.1 Å². The molecule has 0 unspecified atom stereocenters. The first-order chi connectivity index (χ1) is 14.4. The Morgan fingerprint density at radius 1 is 1.23 bits per heavy atom. The van der Waals surface area contributed by atoms with Gasteiger partial charge in [0.2, 0.25) is 0 Å². The molecule has 160 valence electrons. The number of esters is 1. The normalized spacial score (nSPS) is 12.1. The van der Waals surface area contributed by atoms with E-state index >= 15 is 0 Å². The lowest BCUT2D eigenvalue weighted by Gasteiger charge is -2.08. The molecule has 1 amide bonds. The molecule has 0 saturated carbocycles. The van der Waals surface area contributed by atoms with Crippen LogP contribution >= 0.6 is 11.3 Å². The van der Waals surface area contributed by atoms with Gasteiger partial charge in [0.25, 0.3) is 5.91 Å². The minimum atomic E-state index is -0.378. The van der Waals surface area contributed by atoms with Gasteiger partial charge in [0.05, 0.1) is 16.8 Å². The smallest absolute Gasteiger partial charge is 0.326 e. The van der Waals surface area contributed by atoms with Crippen LogP contribution in [0.15, 0.2) is 35.5 Å². The van der Waals surface area contributed by atoms with Crippen molar-refractivity contribution in [2.75, 3.05) is 6.61 Å². The summed E-state index contributed by atoms with van der Waals surface area (Å²) in [6, 6.07) is 7.91. The van der Waals surface area contributed by atoms with E-state index in [0.717, 1.165) is 29.5 Å². The molecular formula is C22H28N4O3S. The minimum absolute atomic E-state index is 0.0116. The van der Waals surface area contributed by atoms with Crippen molar-refractivity contribution in [3.8, 4) is 0 Å². The van der Waals surface area contributed by atoms with Crippen molar-refractivity contribution in [3.05, 3.63) is 46.5 Å². The minimum Gasteiger partial charge on any atom is -0.465 e. The van der Waals surface area contributed by atoms with Crippen LogP contribution in [0.3, 0.4) is 0 Å². The maximum absolute atomic E-state index is 12.9. The second-order valence-electron chi connectivity index (χ2n) is 7.35. The summed E-state index contributed by atoms with van der Waals surface area (Å²) < 4.78 is 9.53. The number of thiazole rings is 1. The van der Waals surface area contributed by atoms with Gasteiger partial charge in [-0.1, -0.05) is 30.7 Å². The molecule has 0 N–H and O–H groups in total. The number of carbonyl (C=O) groups excluding carboxylic acids is 2. The molecule has 7 nitrogen and oxygen atoms in total. The van der Waals surface area contributed by atoms with Crippen LogP contribution < -0.4 is 4.80 Å². The highest BCUT2D eigenvalue weighted by molar-refractivity contribution is 7.16. The van der Waals surface area contributed by atoms with Crippen molar-refractivity contribution in [2.45, 2.75) is 59.5 Å². The van der Waals surface area contributed by atoms with E-state index in [1.165, 1.54) is 16.9 Å². The summed E-state index contributed by atoms with van der Waals surface area (Å²) in [6.45, 7) is 8.18. The van der Waals surface area contributed by atoms with Gasteiger partial charge in [-0.2, -0.15) is 10.1 Å². The standard InChI is InChI=1S/C22H28N4O3S/c1-5-7-8-16-9-10-17-19(13-16)30-22(25(17)14-20(27)29-6-2)24-21(28)18-11-12-23-26(18)15(3)4/h9-13,15H,5-8,14H2,1-4H3. The molecule has 3 aromatic rings. The van der Waals surface area contributed by atoms with Crippen molar-refractivity contribution in [3.63, 3.8) is 0 Å². The number of aryl methyl sites for hydroxylation is 1. The van der Waals surface area contributed by atoms with Crippen molar-refractivity contribution < 1.29 is 14.3 Å². The summed E-state index contributed by atoms with van der Waals surface area (Å²) in [5, 5.41) is 4.21. The fraction of sp³-hybridized carbons (Fsp3) is 0.455. The van der Waals surface area contributed by atoms with Crippen LogP contribution in [0.2, 0.25) is 0 Å². The SMILES string of the molecule is CCCCc1ccc2c(c1)sc(=NC(=O)c1ccnn1C(C)C)n2CC(=O)OCC. The van der Waals surface area contributed by atoms with Crippen LogP contribution in [0.4, 0.5) is 0 Å². The molecule has 30 heavy (non-hydrogen) atoms. The Labute approximate surface area is 180 Å². The summed E-state index contributed by atoms with van der Waals surface area (Å²) in [5.41, 5.74) is 2.54. The van der Waals surface area contributed by atoms with E-state index in [1.54, 1.807) is 28.4 Å². The van der Waals surface area contributed by atoms with Crippen LogP contribution in [0, 0.1) is 0 Å². The molecule has 8 heteroatoms. The average Bonchev–Trinajstić information content (AvgIpc) is 3.32. The number of nitrogens with zero attached hydrogens (tertiary/aromatic N) is 4. The number of fused-ring (bicyclic) bond motifs is 1. The average molecular weight is 429 g/mol. The van der Waals surface area contributed by atoms with E-state index < -0.39 is 0 Å². The van der Waals surface area contributed by atoms with E-state index in [-0.39, 0.29) is 24.5 Å². The van der Waals surface area contributed by atoms with Gasteiger partial charge in [-0.15, -0.1) is 0 Å². The predicted octanol–water partition coefficient (Wildman–Crippen LogP) is 4.13. The topological polar surface area (TPSA) is 78.5 Å². The summed E-state index contributed by atoms with van der Waals surface area (Å²) in [6.07, 6.45) is 4.85. The van der Waals surface area contributed by atoms with Crippen LogP contribution in [0.5, 0.6) is 0 Å². The Morgan fingerprint density at radius 2 is 2.03 bits per heavy atom. The van der Waals surface area contributed by atoms with Gasteiger partial charge in [-0.3, -0.25) is 14.3 Å². The fourth-order valence-corrected chi connectivity index (χ4v) is 4.36. The molecule has 2 aromatic heterocycles. The van der Waals surface area contributed by atoms with Gasteiger partial charge >= 0.3 is 5.97 Å². The zero-order valence-electron chi connectivity index (χ0n) is 17.9. The molecular weight excluding hydrogens is 400 g/mol. The molecule has 0 aliphatic rings. The van der Waals surface area contributed by atoms with E-state index in [4.69, 9.17) is 4.74 Å². The van der Waals surface area contributed by atoms with Gasteiger partial charge in [-0.25, -0.2) is 0 Å². The summed E-state index contributed by atoms with van der Waals surface area (Å²) in [7, 11) is 0. The Kier molecular flexibility index (Phi) is 7.20. The summed E-state index contributed by atoms with van der Waals surface area (Å²) in [4.78, 5) is 29.9. The van der Waals surface area contributed by atoms with Crippen molar-refractivity contribution in [1.82, 2.24) is 14.3 Å². The Bertz CT molecular complexity index is 1110. The van der Waals surface area contributed by atoms with Crippen LogP contribution in [0.25, 0.3) is 10.2 Å². The Balaban J connectivity index is 2.08. The second-order valence-corrected chi connectivity index (χ2v) is 8.36. The zero-order valence-corrected chi connectivity index (χ0v) is 18.7. The van der Waals surface area contributed by atoms with Crippen molar-refractivity contribution in [1.29, 1.82) is 0 Å². The molecule has 0 aliphatic heterocycles. The van der Waals surface area contributed by atoms with Crippen molar-refractivity contribution >= 4 is 33.4 Å². The highest BCUT2D eigenvalue weighted by Gasteiger charge is 2.16. The number of hydrogen-bond acceptors (Lipinski definition) is 5. The predicted molar refractivity (Wildman–Crippen MR) is 118 cm³/mol. The molecule has 0 radical (unpaired) electrons. The van der Waals surface area contributed by atoms with E-state index in [9.17, 15) is 9.59 Å². The first-order valence-electron chi connectivity index (χ1n) is 10.3. The van der Waals surface area contributed by atoms with Gasteiger partial charge in [-0.05, 0) is 57.4 Å². The second kappa shape index (κ2) is 9.84. The Morgan fingerprint density at radius 3 is 2.73 bits per heavy atom. The Hall–Kier alpha value is -2.74. The fourth-order valence-electron chi connectivity index (χ4n) is 3.27. The maximum Gasteiger partial charge on any atom is 0.326 e. The van der Waals surface area contributed by atoms with Crippen LogP contribution in [-0.4, -0.2) is 32.8 Å². The third kappa shape index (κ3) is 4.87. The number of aromatic nitrogens is 3. The maximum atomic E-state index is 12.9. The van der Waals surface area contributed by atoms with Crippen LogP contribution in [-0.2, 0) is 22.5 Å². The number of unbranched alkanes of at least 4 members (excludes halogenated alkanes) is 1. The number of carbonyl (C=O) groups is 2.